The summed E-state index contributed by atoms with van der Waals surface area (Å²) in [5.41, 5.74) is 1.38. The molecule has 0 heterocycles. The minimum Gasteiger partial charge on any atom is -0.356 e. The lowest BCUT2D eigenvalue weighted by atomic mass is 10.1. The Balaban J connectivity index is 1.99. The molecule has 0 aliphatic carbocycles. The molecule has 0 amide bonds. The molecule has 0 aliphatic rings. The Hall–Kier alpha value is -2.38. The van der Waals surface area contributed by atoms with Gasteiger partial charge in [-0.25, -0.2) is 13.1 Å². The fourth-order valence-corrected chi connectivity index (χ4v) is 4.40. The normalized spacial score (nSPS) is 12.6. The Labute approximate surface area is 168 Å². The molecule has 0 aromatic heterocycles. The van der Waals surface area contributed by atoms with E-state index in [4.69, 9.17) is 0 Å². The maximum Gasteiger partial charge on any atom is 0.241 e. The van der Waals surface area contributed by atoms with E-state index in [1.54, 1.807) is 19.2 Å². The second-order valence-electron chi connectivity index (χ2n) is 7.55. The summed E-state index contributed by atoms with van der Waals surface area (Å²) in [6.07, 6.45) is 0.877. The Morgan fingerprint density at radius 1 is 0.964 bits per heavy atom. The maximum absolute atomic E-state index is 12.7. The predicted molar refractivity (Wildman–Crippen MR) is 115 cm³/mol. The number of benzene rings is 2. The molecule has 0 aliphatic heterocycles. The van der Waals surface area contributed by atoms with Crippen LogP contribution in [0.3, 0.4) is 0 Å². The molecule has 2 aromatic carbocycles. The van der Waals surface area contributed by atoms with Crippen LogP contribution in [-0.4, -0.2) is 33.5 Å². The molecule has 3 N–H and O–H groups in total. The van der Waals surface area contributed by atoms with Crippen molar-refractivity contribution in [2.45, 2.75) is 44.2 Å². The monoisotopic (exact) mass is 402 g/mol. The van der Waals surface area contributed by atoms with Crippen LogP contribution in [-0.2, 0) is 23.0 Å². The van der Waals surface area contributed by atoms with E-state index < -0.39 is 15.6 Å². The van der Waals surface area contributed by atoms with Gasteiger partial charge in [0.1, 0.15) is 0 Å². The second-order valence-corrected chi connectivity index (χ2v) is 9.20. The minimum atomic E-state index is -3.61. The van der Waals surface area contributed by atoms with Gasteiger partial charge in [-0.05, 0) is 44.4 Å². The molecule has 7 heteroatoms. The molecule has 0 radical (unpaired) electrons. The van der Waals surface area contributed by atoms with Gasteiger partial charge >= 0.3 is 0 Å². The van der Waals surface area contributed by atoms with Gasteiger partial charge < -0.3 is 10.6 Å². The first-order valence-corrected chi connectivity index (χ1v) is 10.8. The van der Waals surface area contributed by atoms with E-state index in [0.717, 1.165) is 13.0 Å². The van der Waals surface area contributed by atoms with E-state index in [-0.39, 0.29) is 4.90 Å². The van der Waals surface area contributed by atoms with Gasteiger partial charge in [-0.1, -0.05) is 48.5 Å². The first-order chi connectivity index (χ1) is 13.2. The molecule has 152 valence electrons. The Bertz CT molecular complexity index is 888. The average molecular weight is 403 g/mol. The predicted octanol–water partition coefficient (Wildman–Crippen LogP) is 2.67. The van der Waals surface area contributed by atoms with E-state index in [9.17, 15) is 8.42 Å². The van der Waals surface area contributed by atoms with Gasteiger partial charge in [-0.2, -0.15) is 0 Å². The first kappa shape index (κ1) is 21.9. The van der Waals surface area contributed by atoms with E-state index in [1.807, 2.05) is 51.1 Å². The van der Waals surface area contributed by atoms with Gasteiger partial charge in [0.2, 0.25) is 10.0 Å². The minimum absolute atomic E-state index is 0.275. The lowest BCUT2D eigenvalue weighted by Crippen LogP contribution is -2.41. The largest absolute Gasteiger partial charge is 0.356 e. The molecule has 6 nitrogen and oxygen atoms in total. The molecule has 2 rings (SSSR count). The fourth-order valence-electron chi connectivity index (χ4n) is 2.74. The van der Waals surface area contributed by atoms with Gasteiger partial charge in [0.15, 0.2) is 5.96 Å². The number of rotatable bonds is 7. The zero-order chi connectivity index (χ0) is 20.6. The number of sulfonamides is 1. The van der Waals surface area contributed by atoms with Crippen LogP contribution in [0.4, 0.5) is 0 Å². The van der Waals surface area contributed by atoms with Crippen LogP contribution < -0.4 is 15.4 Å². The molecule has 0 bridgehead atoms. The summed E-state index contributed by atoms with van der Waals surface area (Å²) < 4.78 is 28.2. The highest BCUT2D eigenvalue weighted by Crippen LogP contribution is 2.17. The van der Waals surface area contributed by atoms with Crippen LogP contribution in [0.2, 0.25) is 0 Å². The van der Waals surface area contributed by atoms with Gasteiger partial charge in [0, 0.05) is 25.7 Å². The summed E-state index contributed by atoms with van der Waals surface area (Å²) in [7, 11) is -1.91. The van der Waals surface area contributed by atoms with E-state index >= 15 is 0 Å². The van der Waals surface area contributed by atoms with Crippen molar-refractivity contribution in [3.05, 3.63) is 65.7 Å². The van der Waals surface area contributed by atoms with Crippen molar-refractivity contribution >= 4 is 16.0 Å². The van der Waals surface area contributed by atoms with Crippen molar-refractivity contribution in [2.75, 3.05) is 13.6 Å². The first-order valence-electron chi connectivity index (χ1n) is 9.31. The van der Waals surface area contributed by atoms with Gasteiger partial charge in [0.05, 0.1) is 4.90 Å². The lowest BCUT2D eigenvalue weighted by molar-refractivity contribution is 0.491. The van der Waals surface area contributed by atoms with E-state index in [2.05, 4.69) is 32.5 Å². The van der Waals surface area contributed by atoms with Crippen molar-refractivity contribution in [1.82, 2.24) is 15.4 Å². The van der Waals surface area contributed by atoms with Crippen LogP contribution in [0, 0.1) is 0 Å². The van der Waals surface area contributed by atoms with Gasteiger partial charge in [-0.15, -0.1) is 0 Å². The summed E-state index contributed by atoms with van der Waals surface area (Å²) in [4.78, 5) is 4.49. The summed E-state index contributed by atoms with van der Waals surface area (Å²) in [5.74, 6) is 0.631. The average Bonchev–Trinajstić information content (AvgIpc) is 2.63. The summed E-state index contributed by atoms with van der Waals surface area (Å²) in [5, 5.41) is 6.45. The highest BCUT2D eigenvalue weighted by molar-refractivity contribution is 7.89. The summed E-state index contributed by atoms with van der Waals surface area (Å²) in [6.45, 7) is 6.55. The van der Waals surface area contributed by atoms with E-state index in [0.29, 0.717) is 18.1 Å². The quantitative estimate of drug-likeness (QED) is 0.491. The van der Waals surface area contributed by atoms with Crippen molar-refractivity contribution in [2.24, 2.45) is 4.99 Å². The van der Waals surface area contributed by atoms with Crippen LogP contribution in [0.1, 0.15) is 31.9 Å². The summed E-state index contributed by atoms with van der Waals surface area (Å²) in [6, 6.07) is 17.2. The third-order valence-electron chi connectivity index (χ3n) is 3.92. The van der Waals surface area contributed by atoms with Crippen molar-refractivity contribution in [3.63, 3.8) is 0 Å². The van der Waals surface area contributed by atoms with Crippen LogP contribution in [0.5, 0.6) is 0 Å². The third-order valence-corrected chi connectivity index (χ3v) is 5.78. The smallest absolute Gasteiger partial charge is 0.241 e. The molecular weight excluding hydrogens is 372 g/mol. The lowest BCUT2D eigenvalue weighted by Gasteiger charge is -2.22. The van der Waals surface area contributed by atoms with E-state index in [1.165, 1.54) is 5.56 Å². The second kappa shape index (κ2) is 9.71. The van der Waals surface area contributed by atoms with Crippen LogP contribution in [0.15, 0.2) is 64.5 Å². The van der Waals surface area contributed by atoms with Gasteiger partial charge in [-0.3, -0.25) is 4.99 Å². The molecule has 28 heavy (non-hydrogen) atoms. The molecule has 0 saturated carbocycles. The molecule has 0 atom stereocenters. The Morgan fingerprint density at radius 3 is 2.25 bits per heavy atom. The van der Waals surface area contributed by atoms with Crippen LogP contribution >= 0.6 is 0 Å². The number of hydrogen-bond donors (Lipinski definition) is 3. The molecule has 0 unspecified atom stereocenters. The standard InChI is InChI=1S/C21H30N4O2S/c1-21(2,3)25-28(26,27)19-13-9-8-12-18(19)16-24-20(22-4)23-15-14-17-10-6-5-7-11-17/h5-13,25H,14-16H2,1-4H3,(H2,22,23,24). The number of nitrogens with zero attached hydrogens (tertiary/aromatic N) is 1. The number of hydrogen-bond acceptors (Lipinski definition) is 3. The van der Waals surface area contributed by atoms with Crippen molar-refractivity contribution in [1.29, 1.82) is 0 Å². The molecular formula is C21H30N4O2S. The zero-order valence-corrected chi connectivity index (χ0v) is 17.8. The molecule has 0 fully saturated rings. The summed E-state index contributed by atoms with van der Waals surface area (Å²) >= 11 is 0. The van der Waals surface area contributed by atoms with Gasteiger partial charge in [0.25, 0.3) is 0 Å². The Morgan fingerprint density at radius 2 is 1.61 bits per heavy atom. The maximum atomic E-state index is 12.7. The highest BCUT2D eigenvalue weighted by Gasteiger charge is 2.24. The number of aliphatic imine (C=N–C) groups is 1. The zero-order valence-electron chi connectivity index (χ0n) is 17.0. The third kappa shape index (κ3) is 6.98. The SMILES string of the molecule is CN=C(NCCc1ccccc1)NCc1ccccc1S(=O)(=O)NC(C)(C)C. The van der Waals surface area contributed by atoms with Crippen molar-refractivity contribution < 1.29 is 8.42 Å². The van der Waals surface area contributed by atoms with Crippen molar-refractivity contribution in [3.8, 4) is 0 Å². The fraction of sp³-hybridized carbons (Fsp3) is 0.381. The molecule has 0 saturated heterocycles. The van der Waals surface area contributed by atoms with Crippen LogP contribution in [0.25, 0.3) is 0 Å². The Kier molecular flexibility index (Phi) is 7.60. The topological polar surface area (TPSA) is 82.6 Å². The number of nitrogens with one attached hydrogen (secondary N) is 3. The number of guanidine groups is 1. The highest BCUT2D eigenvalue weighted by atomic mass is 32.2. The molecule has 2 aromatic rings. The molecule has 0 spiro atoms.